The molecule has 2 unspecified atom stereocenters. The summed E-state index contributed by atoms with van der Waals surface area (Å²) in [5.41, 5.74) is -0.261. The first-order valence-corrected chi connectivity index (χ1v) is 13.0. The fraction of sp³-hybridized carbons (Fsp3) is 0.360. The number of hydrogen-bond donors (Lipinski definition) is 3. The van der Waals surface area contributed by atoms with Crippen LogP contribution in [0.4, 0.5) is 10.1 Å². The second-order valence-corrected chi connectivity index (χ2v) is 10.5. The SMILES string of the molecule is CC1Sc2c(C(=O)O)c(=O)c3cc(F)c(N4CCN(C(=O)CCNC(=O)C5C=CC=CN5O)CC4)cc3n21. The summed E-state index contributed by atoms with van der Waals surface area (Å²) < 4.78 is 16.9. The average Bonchev–Trinajstić information content (AvgIpc) is 2.88. The Labute approximate surface area is 220 Å². The Morgan fingerprint density at radius 2 is 1.89 bits per heavy atom. The lowest BCUT2D eigenvalue weighted by Crippen LogP contribution is -2.50. The van der Waals surface area contributed by atoms with Gasteiger partial charge in [0.2, 0.25) is 17.2 Å². The summed E-state index contributed by atoms with van der Waals surface area (Å²) in [6.07, 6.45) is 6.23. The third-order valence-corrected chi connectivity index (χ3v) is 8.07. The van der Waals surface area contributed by atoms with E-state index in [2.05, 4.69) is 5.32 Å². The van der Waals surface area contributed by atoms with Gasteiger partial charge in [0.25, 0.3) is 0 Å². The van der Waals surface area contributed by atoms with Crippen LogP contribution in [-0.2, 0) is 9.59 Å². The zero-order valence-electron chi connectivity index (χ0n) is 20.5. The number of hydroxylamine groups is 2. The van der Waals surface area contributed by atoms with Crippen LogP contribution in [-0.4, -0.2) is 81.4 Å². The number of rotatable bonds is 6. The van der Waals surface area contributed by atoms with E-state index in [-0.39, 0.29) is 35.2 Å². The predicted octanol–water partition coefficient (Wildman–Crippen LogP) is 1.76. The van der Waals surface area contributed by atoms with Gasteiger partial charge in [-0.15, -0.1) is 0 Å². The zero-order valence-corrected chi connectivity index (χ0v) is 21.3. The Bertz CT molecular complexity index is 1450. The van der Waals surface area contributed by atoms with Gasteiger partial charge in [0.1, 0.15) is 11.4 Å². The normalized spacial score (nSPS) is 20.3. The molecule has 200 valence electrons. The predicted molar refractivity (Wildman–Crippen MR) is 138 cm³/mol. The highest BCUT2D eigenvalue weighted by molar-refractivity contribution is 8.00. The zero-order chi connectivity index (χ0) is 27.1. The minimum Gasteiger partial charge on any atom is -0.477 e. The number of benzene rings is 1. The summed E-state index contributed by atoms with van der Waals surface area (Å²) in [5.74, 6) is -2.53. The number of pyridine rings is 1. The molecule has 0 aliphatic carbocycles. The van der Waals surface area contributed by atoms with Crippen molar-refractivity contribution < 1.29 is 29.1 Å². The number of amides is 2. The Hall–Kier alpha value is -3.84. The summed E-state index contributed by atoms with van der Waals surface area (Å²) in [6, 6.07) is 1.84. The average molecular weight is 544 g/mol. The second kappa shape index (κ2) is 10.1. The van der Waals surface area contributed by atoms with Crippen molar-refractivity contribution in [2.45, 2.75) is 29.8 Å². The molecule has 11 nitrogen and oxygen atoms in total. The molecule has 3 N–H and O–H groups in total. The number of aromatic nitrogens is 1. The van der Waals surface area contributed by atoms with Crippen LogP contribution in [0.3, 0.4) is 0 Å². The van der Waals surface area contributed by atoms with E-state index in [0.29, 0.717) is 42.4 Å². The van der Waals surface area contributed by atoms with Crippen LogP contribution in [0.25, 0.3) is 10.9 Å². The number of hydrogen-bond acceptors (Lipinski definition) is 8. The number of fused-ring (bicyclic) bond motifs is 3. The van der Waals surface area contributed by atoms with E-state index in [0.717, 1.165) is 11.1 Å². The number of carboxylic acids is 1. The number of allylic oxidation sites excluding steroid dienone is 2. The maximum Gasteiger partial charge on any atom is 0.342 e. The number of aromatic carboxylic acids is 1. The summed E-state index contributed by atoms with van der Waals surface area (Å²) in [7, 11) is 0. The third-order valence-electron chi connectivity index (χ3n) is 6.90. The molecule has 2 atom stereocenters. The van der Waals surface area contributed by atoms with E-state index in [4.69, 9.17) is 0 Å². The van der Waals surface area contributed by atoms with E-state index < -0.39 is 29.2 Å². The summed E-state index contributed by atoms with van der Waals surface area (Å²) in [5, 5.41) is 23.0. The lowest BCUT2D eigenvalue weighted by atomic mass is 10.1. The smallest absolute Gasteiger partial charge is 0.342 e. The van der Waals surface area contributed by atoms with Gasteiger partial charge in [-0.1, -0.05) is 23.9 Å². The van der Waals surface area contributed by atoms with Crippen molar-refractivity contribution in [3.63, 3.8) is 0 Å². The van der Waals surface area contributed by atoms with Crippen molar-refractivity contribution in [2.75, 3.05) is 37.6 Å². The molecule has 4 heterocycles. The Balaban J connectivity index is 1.23. The molecular formula is C25H26FN5O6S. The summed E-state index contributed by atoms with van der Waals surface area (Å²) in [4.78, 5) is 52.8. The van der Waals surface area contributed by atoms with E-state index >= 15 is 4.39 Å². The molecule has 0 saturated carbocycles. The highest BCUT2D eigenvalue weighted by atomic mass is 32.2. The maximum absolute atomic E-state index is 15.1. The first kappa shape index (κ1) is 25.8. The van der Waals surface area contributed by atoms with E-state index in [1.54, 1.807) is 32.6 Å². The molecule has 2 aromatic rings. The Morgan fingerprint density at radius 3 is 2.55 bits per heavy atom. The fourth-order valence-electron chi connectivity index (χ4n) is 4.91. The van der Waals surface area contributed by atoms with Crippen LogP contribution in [0, 0.1) is 5.82 Å². The van der Waals surface area contributed by atoms with Gasteiger partial charge in [-0.25, -0.2) is 14.2 Å². The molecule has 38 heavy (non-hydrogen) atoms. The Kier molecular flexibility index (Phi) is 6.88. The lowest BCUT2D eigenvalue weighted by molar-refractivity contribution is -0.137. The number of nitrogens with one attached hydrogen (secondary N) is 1. The molecule has 0 bridgehead atoms. The molecule has 2 amide bonds. The van der Waals surface area contributed by atoms with Crippen LogP contribution in [0.15, 0.2) is 46.4 Å². The molecule has 5 rings (SSSR count). The number of carboxylic acid groups (broad SMARTS) is 1. The van der Waals surface area contributed by atoms with Gasteiger partial charge in [0, 0.05) is 50.7 Å². The van der Waals surface area contributed by atoms with Crippen LogP contribution in [0.1, 0.15) is 29.1 Å². The fourth-order valence-corrected chi connectivity index (χ4v) is 6.07. The van der Waals surface area contributed by atoms with Crippen molar-refractivity contribution in [1.82, 2.24) is 19.8 Å². The third kappa shape index (κ3) is 4.52. The standard InChI is InChI=1S/C25H26FN5O6S/c1-14-31-18-13-19(16(26)12-15(18)22(33)21(25(35)36)24(31)38-14)28-8-10-29(11-9-28)20(32)5-6-27-23(34)17-4-2-3-7-30(17)37/h2-4,7,12-14,17,37H,5-6,8-11H2,1H3,(H,27,34)(H,35,36). The van der Waals surface area contributed by atoms with Crippen LogP contribution < -0.4 is 15.6 Å². The molecule has 0 spiro atoms. The molecule has 1 aromatic carbocycles. The monoisotopic (exact) mass is 543 g/mol. The minimum absolute atomic E-state index is 0.0273. The van der Waals surface area contributed by atoms with Crippen molar-refractivity contribution >= 4 is 46.1 Å². The molecule has 1 saturated heterocycles. The van der Waals surface area contributed by atoms with Gasteiger partial charge in [-0.2, -0.15) is 0 Å². The number of carbonyl (C=O) groups is 3. The highest BCUT2D eigenvalue weighted by Gasteiger charge is 2.34. The van der Waals surface area contributed by atoms with Crippen molar-refractivity contribution in [2.24, 2.45) is 0 Å². The maximum atomic E-state index is 15.1. The number of piperazine rings is 1. The van der Waals surface area contributed by atoms with Crippen molar-refractivity contribution in [3.8, 4) is 0 Å². The van der Waals surface area contributed by atoms with E-state index in [1.165, 1.54) is 24.0 Å². The van der Waals surface area contributed by atoms with Crippen molar-refractivity contribution in [3.05, 3.63) is 58.2 Å². The molecule has 13 heteroatoms. The van der Waals surface area contributed by atoms with Gasteiger partial charge in [0.15, 0.2) is 6.04 Å². The van der Waals surface area contributed by atoms with Crippen LogP contribution >= 0.6 is 11.8 Å². The van der Waals surface area contributed by atoms with Gasteiger partial charge in [-0.3, -0.25) is 19.6 Å². The van der Waals surface area contributed by atoms with Gasteiger partial charge < -0.3 is 24.8 Å². The first-order valence-electron chi connectivity index (χ1n) is 12.1. The number of thioether (sulfide) groups is 1. The molecule has 1 aromatic heterocycles. The molecule has 3 aliphatic rings. The van der Waals surface area contributed by atoms with Gasteiger partial charge >= 0.3 is 5.97 Å². The number of nitrogens with zero attached hydrogens (tertiary/aromatic N) is 4. The van der Waals surface area contributed by atoms with E-state index in [1.807, 2.05) is 6.92 Å². The number of carbonyl (C=O) groups excluding carboxylic acids is 2. The minimum atomic E-state index is -1.33. The lowest BCUT2D eigenvalue weighted by Gasteiger charge is -2.37. The number of halogens is 1. The molecule has 0 radical (unpaired) electrons. The Morgan fingerprint density at radius 1 is 1.16 bits per heavy atom. The first-order chi connectivity index (χ1) is 18.2. The van der Waals surface area contributed by atoms with Gasteiger partial charge in [0.05, 0.1) is 21.6 Å². The quantitative estimate of drug-likeness (QED) is 0.498. The molecular weight excluding hydrogens is 517 g/mol. The summed E-state index contributed by atoms with van der Waals surface area (Å²) in [6.45, 7) is 3.45. The van der Waals surface area contributed by atoms with Crippen molar-refractivity contribution in [1.29, 1.82) is 0 Å². The van der Waals surface area contributed by atoms with E-state index in [9.17, 15) is 29.5 Å². The topological polar surface area (TPSA) is 135 Å². The van der Waals surface area contributed by atoms with Gasteiger partial charge in [-0.05, 0) is 25.1 Å². The van der Waals surface area contributed by atoms with Crippen LogP contribution in [0.2, 0.25) is 0 Å². The second-order valence-electron chi connectivity index (χ2n) is 9.18. The molecule has 3 aliphatic heterocycles. The largest absolute Gasteiger partial charge is 0.477 e. The molecule has 1 fully saturated rings. The highest BCUT2D eigenvalue weighted by Crippen LogP contribution is 2.46. The summed E-state index contributed by atoms with van der Waals surface area (Å²) >= 11 is 1.29. The van der Waals surface area contributed by atoms with Crippen LogP contribution in [0.5, 0.6) is 0 Å². The number of anilines is 1.